The summed E-state index contributed by atoms with van der Waals surface area (Å²) in [6.07, 6.45) is 0. The first-order valence-corrected chi connectivity index (χ1v) is 6.32. The molecule has 0 aliphatic carbocycles. The van der Waals surface area contributed by atoms with Crippen LogP contribution in [-0.4, -0.2) is 10.4 Å². The number of halogens is 3. The van der Waals surface area contributed by atoms with Gasteiger partial charge in [-0.3, -0.25) is 4.79 Å². The normalized spacial score (nSPS) is 11.1. The lowest BCUT2D eigenvalue weighted by atomic mass is 10.0. The fourth-order valence-corrected chi connectivity index (χ4v) is 2.22. The summed E-state index contributed by atoms with van der Waals surface area (Å²) in [5, 5.41) is 3.14. The molecule has 1 heterocycles. The fourth-order valence-electron chi connectivity index (χ4n) is 1.78. The van der Waals surface area contributed by atoms with E-state index in [2.05, 4.69) is 5.16 Å². The third-order valence-corrected chi connectivity index (χ3v) is 3.14. The Labute approximate surface area is 119 Å². The molecule has 0 aliphatic heterocycles. The van der Waals surface area contributed by atoms with Crippen LogP contribution in [0.4, 0.5) is 4.39 Å². The standard InChI is InChI=1S/C13H10Cl2FNO2/c1-6(2)12-10(13(15)18)11(17-19-12)9-7(14)4-3-5-8(9)16/h3-6H,1-2H3. The van der Waals surface area contributed by atoms with Gasteiger partial charge in [0.25, 0.3) is 5.24 Å². The highest BCUT2D eigenvalue weighted by atomic mass is 35.5. The van der Waals surface area contributed by atoms with E-state index in [0.29, 0.717) is 5.76 Å². The Kier molecular flexibility index (Phi) is 3.92. The van der Waals surface area contributed by atoms with Crippen molar-refractivity contribution in [2.75, 3.05) is 0 Å². The summed E-state index contributed by atoms with van der Waals surface area (Å²) in [6, 6.07) is 4.20. The first kappa shape index (κ1) is 14.0. The number of hydrogen-bond acceptors (Lipinski definition) is 3. The quantitative estimate of drug-likeness (QED) is 0.776. The number of nitrogens with zero attached hydrogens (tertiary/aromatic N) is 1. The van der Waals surface area contributed by atoms with E-state index in [1.54, 1.807) is 0 Å². The van der Waals surface area contributed by atoms with Crippen molar-refractivity contribution in [2.45, 2.75) is 19.8 Å². The average molecular weight is 302 g/mol. The lowest BCUT2D eigenvalue weighted by Crippen LogP contribution is -1.99. The van der Waals surface area contributed by atoms with Gasteiger partial charge in [-0.05, 0) is 23.7 Å². The van der Waals surface area contributed by atoms with Crippen molar-refractivity contribution in [3.8, 4) is 11.3 Å². The molecule has 0 amide bonds. The molecule has 19 heavy (non-hydrogen) atoms. The second-order valence-electron chi connectivity index (χ2n) is 4.30. The third-order valence-electron chi connectivity index (χ3n) is 2.64. The van der Waals surface area contributed by atoms with Crippen molar-refractivity contribution >= 4 is 28.4 Å². The second kappa shape index (κ2) is 5.31. The van der Waals surface area contributed by atoms with Gasteiger partial charge in [-0.15, -0.1) is 0 Å². The van der Waals surface area contributed by atoms with Gasteiger partial charge in [0.2, 0.25) is 0 Å². The van der Waals surface area contributed by atoms with Crippen molar-refractivity contribution < 1.29 is 13.7 Å². The van der Waals surface area contributed by atoms with E-state index >= 15 is 0 Å². The smallest absolute Gasteiger partial charge is 0.258 e. The highest BCUT2D eigenvalue weighted by Gasteiger charge is 2.27. The molecular formula is C13H10Cl2FNO2. The maximum absolute atomic E-state index is 13.9. The molecule has 0 fully saturated rings. The number of benzene rings is 1. The summed E-state index contributed by atoms with van der Waals surface area (Å²) < 4.78 is 19.0. The Balaban J connectivity index is 2.73. The maximum Gasteiger partial charge on any atom is 0.258 e. The van der Waals surface area contributed by atoms with Crippen LogP contribution in [0.1, 0.15) is 35.9 Å². The number of rotatable bonds is 3. The van der Waals surface area contributed by atoms with Crippen LogP contribution >= 0.6 is 23.2 Å². The molecule has 0 bridgehead atoms. The second-order valence-corrected chi connectivity index (χ2v) is 5.05. The summed E-state index contributed by atoms with van der Waals surface area (Å²) in [5.74, 6) is -0.380. The molecule has 0 N–H and O–H groups in total. The topological polar surface area (TPSA) is 43.1 Å². The van der Waals surface area contributed by atoms with Crippen LogP contribution in [0, 0.1) is 5.82 Å². The Morgan fingerprint density at radius 2 is 2.11 bits per heavy atom. The molecule has 100 valence electrons. The van der Waals surface area contributed by atoms with E-state index in [1.165, 1.54) is 18.2 Å². The minimum atomic E-state index is -0.751. The van der Waals surface area contributed by atoms with Gasteiger partial charge in [0, 0.05) is 5.92 Å². The van der Waals surface area contributed by atoms with E-state index in [4.69, 9.17) is 27.7 Å². The summed E-state index contributed by atoms with van der Waals surface area (Å²) in [5.41, 5.74) is 0.110. The Bertz CT molecular complexity index is 617. The van der Waals surface area contributed by atoms with Crippen LogP contribution < -0.4 is 0 Å². The number of aromatic nitrogens is 1. The molecule has 0 spiro atoms. The summed E-state index contributed by atoms with van der Waals surface area (Å²) in [4.78, 5) is 11.5. The molecule has 0 unspecified atom stereocenters. The van der Waals surface area contributed by atoms with E-state index < -0.39 is 11.1 Å². The van der Waals surface area contributed by atoms with Gasteiger partial charge in [-0.1, -0.05) is 36.7 Å². The van der Waals surface area contributed by atoms with Crippen molar-refractivity contribution in [2.24, 2.45) is 0 Å². The molecule has 0 saturated heterocycles. The van der Waals surface area contributed by atoms with Crippen LogP contribution in [-0.2, 0) is 0 Å². The molecule has 0 radical (unpaired) electrons. The molecule has 1 aromatic heterocycles. The Morgan fingerprint density at radius 1 is 1.42 bits per heavy atom. The largest absolute Gasteiger partial charge is 0.360 e. The summed E-state index contributed by atoms with van der Waals surface area (Å²) in [7, 11) is 0. The first-order chi connectivity index (χ1) is 8.93. The predicted octanol–water partition coefficient (Wildman–Crippen LogP) is 4.64. The minimum Gasteiger partial charge on any atom is -0.360 e. The van der Waals surface area contributed by atoms with Gasteiger partial charge < -0.3 is 4.52 Å². The molecule has 1 aromatic carbocycles. The van der Waals surface area contributed by atoms with Crippen LogP contribution in [0.25, 0.3) is 11.3 Å². The van der Waals surface area contributed by atoms with Crippen LogP contribution in [0.2, 0.25) is 5.02 Å². The molecule has 2 rings (SSSR count). The van der Waals surface area contributed by atoms with Crippen molar-refractivity contribution in [1.82, 2.24) is 5.16 Å². The average Bonchev–Trinajstić information content (AvgIpc) is 2.73. The van der Waals surface area contributed by atoms with Gasteiger partial charge in [0.15, 0.2) is 5.76 Å². The zero-order chi connectivity index (χ0) is 14.2. The lowest BCUT2D eigenvalue weighted by molar-refractivity contribution is 0.107. The fraction of sp³-hybridized carbons (Fsp3) is 0.231. The van der Waals surface area contributed by atoms with E-state index in [9.17, 15) is 9.18 Å². The van der Waals surface area contributed by atoms with Crippen LogP contribution in [0.5, 0.6) is 0 Å². The molecule has 0 aliphatic rings. The van der Waals surface area contributed by atoms with Crippen LogP contribution in [0.3, 0.4) is 0 Å². The Morgan fingerprint density at radius 3 is 2.63 bits per heavy atom. The monoisotopic (exact) mass is 301 g/mol. The van der Waals surface area contributed by atoms with Crippen molar-refractivity contribution in [3.05, 3.63) is 40.4 Å². The zero-order valence-corrected chi connectivity index (χ0v) is 11.7. The zero-order valence-electron chi connectivity index (χ0n) is 10.2. The summed E-state index contributed by atoms with van der Waals surface area (Å²) in [6.45, 7) is 3.63. The maximum atomic E-state index is 13.9. The predicted molar refractivity (Wildman–Crippen MR) is 71.2 cm³/mol. The van der Waals surface area contributed by atoms with Crippen LogP contribution in [0.15, 0.2) is 22.7 Å². The van der Waals surface area contributed by atoms with E-state index in [-0.39, 0.29) is 27.8 Å². The number of carbonyl (C=O) groups is 1. The number of carbonyl (C=O) groups excluding carboxylic acids is 1. The Hall–Kier alpha value is -1.39. The SMILES string of the molecule is CC(C)c1onc(-c2c(F)cccc2Cl)c1C(=O)Cl. The lowest BCUT2D eigenvalue weighted by Gasteiger charge is -2.04. The third kappa shape index (κ3) is 2.51. The van der Waals surface area contributed by atoms with Crippen molar-refractivity contribution in [1.29, 1.82) is 0 Å². The molecule has 2 aromatic rings. The van der Waals surface area contributed by atoms with E-state index in [1.807, 2.05) is 13.8 Å². The molecule has 3 nitrogen and oxygen atoms in total. The van der Waals surface area contributed by atoms with Gasteiger partial charge in [-0.2, -0.15) is 0 Å². The number of hydrogen-bond donors (Lipinski definition) is 0. The van der Waals surface area contributed by atoms with Gasteiger partial charge in [0.05, 0.1) is 10.6 Å². The van der Waals surface area contributed by atoms with Gasteiger partial charge in [-0.25, -0.2) is 4.39 Å². The van der Waals surface area contributed by atoms with Gasteiger partial charge >= 0.3 is 0 Å². The minimum absolute atomic E-state index is 0.0174. The molecule has 0 saturated carbocycles. The first-order valence-electron chi connectivity index (χ1n) is 5.57. The molecular weight excluding hydrogens is 292 g/mol. The highest BCUT2D eigenvalue weighted by Crippen LogP contribution is 2.36. The van der Waals surface area contributed by atoms with E-state index in [0.717, 1.165) is 0 Å². The highest BCUT2D eigenvalue weighted by molar-refractivity contribution is 6.68. The van der Waals surface area contributed by atoms with Crippen molar-refractivity contribution in [3.63, 3.8) is 0 Å². The van der Waals surface area contributed by atoms with Gasteiger partial charge in [0.1, 0.15) is 17.1 Å². The molecule has 0 atom stereocenters. The molecule has 6 heteroatoms. The summed E-state index contributed by atoms with van der Waals surface area (Å²) >= 11 is 11.5.